The molecule has 0 radical (unpaired) electrons. The lowest BCUT2D eigenvalue weighted by Crippen LogP contribution is -2.58. The topological polar surface area (TPSA) is 37.3 Å². The lowest BCUT2D eigenvalue weighted by Gasteiger charge is -2.56. The van der Waals surface area contributed by atoms with Gasteiger partial charge >= 0.3 is 0 Å². The van der Waals surface area contributed by atoms with Crippen LogP contribution in [-0.2, 0) is 4.79 Å². The number of rotatable bonds is 0. The third kappa shape index (κ3) is 0.734. The molecule has 3 aliphatic carbocycles. The number of Topliss-reactive ketones (excluding diaryl/α,β-unsaturated/α-hetero) is 1. The Morgan fingerprint density at radius 1 is 1.45 bits per heavy atom. The van der Waals surface area contributed by atoms with Crippen LogP contribution in [-0.4, -0.2) is 17.0 Å². The first-order chi connectivity index (χ1) is 5.03. The zero-order valence-electron chi connectivity index (χ0n) is 7.00. The summed E-state index contributed by atoms with van der Waals surface area (Å²) >= 11 is 0. The van der Waals surface area contributed by atoms with E-state index >= 15 is 0 Å². The molecule has 2 bridgehead atoms. The number of aliphatic hydroxyl groups is 1. The lowest BCUT2D eigenvalue weighted by molar-refractivity contribution is -0.164. The fraction of sp³-hybridized carbons (Fsp3) is 0.889. The SMILES string of the molecule is CC1(C)[C@H]2C[C@@H](O)C(=O)[C@@H]1C2. The molecule has 11 heavy (non-hydrogen) atoms. The quantitative estimate of drug-likeness (QED) is 0.564. The minimum absolute atomic E-state index is 0.0810. The van der Waals surface area contributed by atoms with Crippen molar-refractivity contribution in [1.82, 2.24) is 0 Å². The van der Waals surface area contributed by atoms with Crippen LogP contribution in [0.4, 0.5) is 0 Å². The summed E-state index contributed by atoms with van der Waals surface area (Å²) < 4.78 is 0. The Balaban J connectivity index is 2.23. The Morgan fingerprint density at radius 3 is 2.45 bits per heavy atom. The minimum Gasteiger partial charge on any atom is -0.385 e. The highest BCUT2D eigenvalue weighted by molar-refractivity contribution is 5.88. The second kappa shape index (κ2) is 1.86. The summed E-state index contributed by atoms with van der Waals surface area (Å²) in [7, 11) is 0. The molecule has 62 valence electrons. The molecule has 0 saturated heterocycles. The fourth-order valence-corrected chi connectivity index (χ4v) is 2.52. The average molecular weight is 154 g/mol. The van der Waals surface area contributed by atoms with Crippen LogP contribution in [0.5, 0.6) is 0 Å². The molecule has 0 aliphatic heterocycles. The summed E-state index contributed by atoms with van der Waals surface area (Å²) in [5.41, 5.74) is 0.177. The molecular weight excluding hydrogens is 140 g/mol. The maximum Gasteiger partial charge on any atom is 0.164 e. The van der Waals surface area contributed by atoms with Crippen LogP contribution in [0.3, 0.4) is 0 Å². The second-order valence-electron chi connectivity index (χ2n) is 4.46. The van der Waals surface area contributed by atoms with Crippen molar-refractivity contribution in [2.45, 2.75) is 32.8 Å². The number of carbonyl (C=O) groups is 1. The van der Waals surface area contributed by atoms with E-state index in [9.17, 15) is 9.90 Å². The van der Waals surface area contributed by atoms with Crippen LogP contribution < -0.4 is 0 Å². The molecule has 0 heterocycles. The van der Waals surface area contributed by atoms with Gasteiger partial charge in [-0.3, -0.25) is 4.79 Å². The molecule has 3 saturated carbocycles. The van der Waals surface area contributed by atoms with Crippen LogP contribution >= 0.6 is 0 Å². The number of hydrogen-bond donors (Lipinski definition) is 1. The molecule has 0 spiro atoms. The van der Waals surface area contributed by atoms with Gasteiger partial charge in [0.15, 0.2) is 5.78 Å². The van der Waals surface area contributed by atoms with Gasteiger partial charge in [0.05, 0.1) is 0 Å². The number of fused-ring (bicyclic) bond motifs is 2. The predicted molar refractivity (Wildman–Crippen MR) is 41.0 cm³/mol. The summed E-state index contributed by atoms with van der Waals surface area (Å²) in [5.74, 6) is 0.814. The normalized spacial score (nSPS) is 46.8. The Labute approximate surface area is 66.6 Å². The maximum absolute atomic E-state index is 11.3. The highest BCUT2D eigenvalue weighted by Crippen LogP contribution is 2.57. The molecular formula is C9H14O2. The highest BCUT2D eigenvalue weighted by atomic mass is 16.3. The molecule has 2 nitrogen and oxygen atoms in total. The molecule has 3 aliphatic rings. The zero-order chi connectivity index (χ0) is 8.22. The zero-order valence-corrected chi connectivity index (χ0v) is 7.00. The summed E-state index contributed by atoms with van der Waals surface area (Å²) in [6, 6.07) is 0. The number of aliphatic hydroxyl groups excluding tert-OH is 1. The van der Waals surface area contributed by atoms with E-state index in [1.165, 1.54) is 0 Å². The van der Waals surface area contributed by atoms with Gasteiger partial charge in [0.2, 0.25) is 0 Å². The fourth-order valence-electron chi connectivity index (χ4n) is 2.52. The molecule has 0 aromatic rings. The van der Waals surface area contributed by atoms with Gasteiger partial charge in [0, 0.05) is 5.92 Å². The molecule has 0 amide bonds. The Kier molecular flexibility index (Phi) is 1.23. The van der Waals surface area contributed by atoms with Gasteiger partial charge in [-0.25, -0.2) is 0 Å². The van der Waals surface area contributed by atoms with Gasteiger partial charge in [-0.1, -0.05) is 13.8 Å². The van der Waals surface area contributed by atoms with Crippen LogP contribution in [0.1, 0.15) is 26.7 Å². The molecule has 3 rings (SSSR count). The molecule has 1 N–H and O–H groups in total. The van der Waals surface area contributed by atoms with Crippen LogP contribution in [0, 0.1) is 17.3 Å². The van der Waals surface area contributed by atoms with Gasteiger partial charge in [0.1, 0.15) is 6.10 Å². The summed E-state index contributed by atoms with van der Waals surface area (Å²) in [6.07, 6.45) is 1.07. The van der Waals surface area contributed by atoms with Gasteiger partial charge in [0.25, 0.3) is 0 Å². The van der Waals surface area contributed by atoms with Crippen molar-refractivity contribution in [2.24, 2.45) is 17.3 Å². The van der Waals surface area contributed by atoms with Crippen LogP contribution in [0.2, 0.25) is 0 Å². The predicted octanol–water partition coefficient (Wildman–Crippen LogP) is 0.982. The van der Waals surface area contributed by atoms with E-state index in [1.807, 2.05) is 0 Å². The van der Waals surface area contributed by atoms with Crippen molar-refractivity contribution in [1.29, 1.82) is 0 Å². The van der Waals surface area contributed by atoms with E-state index in [4.69, 9.17) is 0 Å². The van der Waals surface area contributed by atoms with Crippen molar-refractivity contribution in [3.8, 4) is 0 Å². The molecule has 0 aromatic carbocycles. The van der Waals surface area contributed by atoms with E-state index in [2.05, 4.69) is 13.8 Å². The van der Waals surface area contributed by atoms with E-state index in [-0.39, 0.29) is 17.1 Å². The first-order valence-corrected chi connectivity index (χ1v) is 4.25. The third-order valence-electron chi connectivity index (χ3n) is 3.65. The summed E-state index contributed by atoms with van der Waals surface area (Å²) in [5, 5.41) is 9.26. The number of carbonyl (C=O) groups excluding carboxylic acids is 1. The van der Waals surface area contributed by atoms with E-state index in [1.54, 1.807) is 0 Å². The number of ketones is 1. The smallest absolute Gasteiger partial charge is 0.164 e. The summed E-state index contributed by atoms with van der Waals surface area (Å²) in [6.45, 7) is 4.27. The largest absolute Gasteiger partial charge is 0.385 e. The Hall–Kier alpha value is -0.370. The van der Waals surface area contributed by atoms with Gasteiger partial charge < -0.3 is 5.11 Å². The second-order valence-corrected chi connectivity index (χ2v) is 4.46. The van der Waals surface area contributed by atoms with Crippen LogP contribution in [0.15, 0.2) is 0 Å². The first-order valence-electron chi connectivity index (χ1n) is 4.25. The summed E-state index contributed by atoms with van der Waals surface area (Å²) in [4.78, 5) is 11.3. The molecule has 3 atom stereocenters. The average Bonchev–Trinajstić information content (AvgIpc) is 1.93. The maximum atomic E-state index is 11.3. The highest BCUT2D eigenvalue weighted by Gasteiger charge is 2.57. The van der Waals surface area contributed by atoms with E-state index in [0.29, 0.717) is 12.3 Å². The number of hydrogen-bond acceptors (Lipinski definition) is 2. The van der Waals surface area contributed by atoms with Crippen molar-refractivity contribution < 1.29 is 9.90 Å². The van der Waals surface area contributed by atoms with Crippen molar-refractivity contribution in [2.75, 3.05) is 0 Å². The first kappa shape index (κ1) is 7.29. The van der Waals surface area contributed by atoms with Crippen molar-refractivity contribution >= 4 is 5.78 Å². The van der Waals surface area contributed by atoms with Gasteiger partial charge in [-0.15, -0.1) is 0 Å². The molecule has 0 aromatic heterocycles. The van der Waals surface area contributed by atoms with Crippen LogP contribution in [0.25, 0.3) is 0 Å². The lowest BCUT2D eigenvalue weighted by atomic mass is 9.48. The van der Waals surface area contributed by atoms with Crippen molar-refractivity contribution in [3.63, 3.8) is 0 Å². The van der Waals surface area contributed by atoms with Gasteiger partial charge in [-0.05, 0) is 24.2 Å². The monoisotopic (exact) mass is 154 g/mol. The molecule has 3 fully saturated rings. The standard InChI is InChI=1S/C9H14O2/c1-9(2)5-3-6(9)8(11)7(10)4-5/h5-7,10H,3-4H2,1-2H3/t5-,6+,7-/m1/s1. The van der Waals surface area contributed by atoms with E-state index in [0.717, 1.165) is 6.42 Å². The van der Waals surface area contributed by atoms with E-state index < -0.39 is 6.10 Å². The third-order valence-corrected chi connectivity index (χ3v) is 3.65. The minimum atomic E-state index is -0.647. The Bertz CT molecular complexity index is 208. The molecule has 0 unspecified atom stereocenters. The molecule has 2 heteroatoms. The van der Waals surface area contributed by atoms with Crippen molar-refractivity contribution in [3.05, 3.63) is 0 Å². The Morgan fingerprint density at radius 2 is 2.09 bits per heavy atom. The van der Waals surface area contributed by atoms with Gasteiger partial charge in [-0.2, -0.15) is 0 Å².